The van der Waals surface area contributed by atoms with Crippen LogP contribution in [0.1, 0.15) is 29.8 Å². The Morgan fingerprint density at radius 1 is 1.00 bits per heavy atom. The predicted molar refractivity (Wildman–Crippen MR) is 88.8 cm³/mol. The molecule has 2 rings (SSSR count). The fourth-order valence-electron chi connectivity index (χ4n) is 1.72. The molecule has 0 bridgehead atoms. The molecule has 0 aliphatic heterocycles. The molecule has 0 spiro atoms. The van der Waals surface area contributed by atoms with Crippen LogP contribution in [0.25, 0.3) is 0 Å². The lowest BCUT2D eigenvalue weighted by molar-refractivity contribution is -0.384. The van der Waals surface area contributed by atoms with Crippen LogP contribution in [0.15, 0.2) is 54.6 Å². The zero-order valence-electron chi connectivity index (χ0n) is 13.3. The van der Waals surface area contributed by atoms with Gasteiger partial charge in [0.15, 0.2) is 5.78 Å². The minimum absolute atomic E-state index is 0.0189. The van der Waals surface area contributed by atoms with Gasteiger partial charge in [-0.1, -0.05) is 30.3 Å². The Morgan fingerprint density at radius 3 is 1.88 bits per heavy atom. The van der Waals surface area contributed by atoms with Gasteiger partial charge in [0.05, 0.1) is 11.0 Å². The van der Waals surface area contributed by atoms with Crippen LogP contribution in [0.5, 0.6) is 0 Å². The number of non-ortho nitro benzene ring substituents is 1. The summed E-state index contributed by atoms with van der Waals surface area (Å²) < 4.78 is 4.39. The number of rotatable bonds is 4. The zero-order chi connectivity index (χ0) is 18.1. The van der Waals surface area contributed by atoms with Gasteiger partial charge in [-0.05, 0) is 26.0 Å². The number of hydrogen-bond donors (Lipinski definition) is 1. The van der Waals surface area contributed by atoms with Crippen molar-refractivity contribution in [3.8, 4) is 0 Å². The monoisotopic (exact) mass is 330 g/mol. The largest absolute Gasteiger partial charge is 0.447 e. The summed E-state index contributed by atoms with van der Waals surface area (Å²) in [7, 11) is 0. The van der Waals surface area contributed by atoms with Crippen molar-refractivity contribution in [1.29, 1.82) is 0 Å². The molecule has 0 aromatic heterocycles. The molecule has 2 N–H and O–H groups in total. The molecule has 0 saturated heterocycles. The second-order valence-electron chi connectivity index (χ2n) is 4.98. The SMILES string of the molecule is CC(C)OC(N)=O.O=C(c1ccccc1)c1ccc([N+](=O)[O-])cc1. The number of hydrogen-bond acceptors (Lipinski definition) is 5. The van der Waals surface area contributed by atoms with E-state index < -0.39 is 11.0 Å². The van der Waals surface area contributed by atoms with Gasteiger partial charge in [-0.25, -0.2) is 4.79 Å². The highest BCUT2D eigenvalue weighted by atomic mass is 16.6. The van der Waals surface area contributed by atoms with Gasteiger partial charge in [-0.2, -0.15) is 0 Å². The van der Waals surface area contributed by atoms with Gasteiger partial charge in [0.25, 0.3) is 5.69 Å². The Balaban J connectivity index is 0.000000351. The van der Waals surface area contributed by atoms with Crippen molar-refractivity contribution in [2.75, 3.05) is 0 Å². The Bertz CT molecular complexity index is 697. The quantitative estimate of drug-likeness (QED) is 0.525. The zero-order valence-corrected chi connectivity index (χ0v) is 13.3. The maximum atomic E-state index is 12.0. The van der Waals surface area contributed by atoms with Crippen LogP contribution in [0.3, 0.4) is 0 Å². The average Bonchev–Trinajstić information content (AvgIpc) is 2.54. The molecule has 0 aliphatic rings. The van der Waals surface area contributed by atoms with Crippen LogP contribution in [0, 0.1) is 10.1 Å². The van der Waals surface area contributed by atoms with Gasteiger partial charge >= 0.3 is 6.09 Å². The number of ether oxygens (including phenoxy) is 1. The number of ketones is 1. The summed E-state index contributed by atoms with van der Waals surface area (Å²) in [6, 6.07) is 14.4. The molecule has 7 heteroatoms. The number of nitro groups is 1. The highest BCUT2D eigenvalue weighted by Crippen LogP contribution is 2.15. The fourth-order valence-corrected chi connectivity index (χ4v) is 1.72. The number of primary amides is 1. The first-order valence-corrected chi connectivity index (χ1v) is 7.11. The molecule has 0 aliphatic carbocycles. The molecular formula is C17H18N2O5. The minimum Gasteiger partial charge on any atom is -0.447 e. The van der Waals surface area contributed by atoms with Crippen LogP contribution in [0.4, 0.5) is 10.5 Å². The Kier molecular flexibility index (Phi) is 7.09. The average molecular weight is 330 g/mol. The topological polar surface area (TPSA) is 113 Å². The third-order valence-electron chi connectivity index (χ3n) is 2.73. The number of benzene rings is 2. The summed E-state index contributed by atoms with van der Waals surface area (Å²) in [5.74, 6) is -0.138. The van der Waals surface area contributed by atoms with E-state index in [-0.39, 0.29) is 17.6 Å². The van der Waals surface area contributed by atoms with E-state index >= 15 is 0 Å². The third kappa shape index (κ3) is 6.27. The Morgan fingerprint density at radius 2 is 1.50 bits per heavy atom. The van der Waals surface area contributed by atoms with E-state index in [0.29, 0.717) is 11.1 Å². The van der Waals surface area contributed by atoms with E-state index in [4.69, 9.17) is 0 Å². The highest BCUT2D eigenvalue weighted by molar-refractivity contribution is 6.09. The third-order valence-corrected chi connectivity index (χ3v) is 2.73. The molecule has 0 saturated carbocycles. The summed E-state index contributed by atoms with van der Waals surface area (Å²) in [4.78, 5) is 31.8. The predicted octanol–water partition coefficient (Wildman–Crippen LogP) is 3.32. The molecule has 1 amide bonds. The maximum Gasteiger partial charge on any atom is 0.404 e. The van der Waals surface area contributed by atoms with Crippen LogP contribution in [-0.4, -0.2) is 22.9 Å². The van der Waals surface area contributed by atoms with E-state index in [9.17, 15) is 19.7 Å². The molecule has 0 radical (unpaired) electrons. The Labute approximate surface area is 139 Å². The molecule has 7 nitrogen and oxygen atoms in total. The normalized spacial score (nSPS) is 9.62. The summed E-state index contributed by atoms with van der Waals surface area (Å²) >= 11 is 0. The first-order chi connectivity index (χ1) is 11.3. The van der Waals surface area contributed by atoms with Crippen LogP contribution >= 0.6 is 0 Å². The summed E-state index contributed by atoms with van der Waals surface area (Å²) in [6.45, 7) is 3.48. The van der Waals surface area contributed by atoms with Crippen molar-refractivity contribution in [3.05, 3.63) is 75.8 Å². The summed E-state index contributed by atoms with van der Waals surface area (Å²) in [5, 5.41) is 10.5. The van der Waals surface area contributed by atoms with E-state index in [2.05, 4.69) is 10.5 Å². The molecule has 24 heavy (non-hydrogen) atoms. The van der Waals surface area contributed by atoms with Crippen molar-refractivity contribution in [1.82, 2.24) is 0 Å². The molecule has 2 aromatic carbocycles. The van der Waals surface area contributed by atoms with E-state index in [0.717, 1.165) is 0 Å². The van der Waals surface area contributed by atoms with Gasteiger partial charge in [0, 0.05) is 23.3 Å². The van der Waals surface area contributed by atoms with Crippen LogP contribution in [-0.2, 0) is 4.74 Å². The molecule has 0 heterocycles. The molecule has 0 unspecified atom stereocenters. The molecule has 0 fully saturated rings. The van der Waals surface area contributed by atoms with Crippen molar-refractivity contribution in [2.24, 2.45) is 5.73 Å². The molecule has 126 valence electrons. The molecule has 0 atom stereocenters. The lowest BCUT2D eigenvalue weighted by atomic mass is 10.0. The lowest BCUT2D eigenvalue weighted by Crippen LogP contribution is -2.17. The number of carbonyl (C=O) groups is 2. The van der Waals surface area contributed by atoms with Crippen molar-refractivity contribution < 1.29 is 19.2 Å². The minimum atomic E-state index is -0.713. The van der Waals surface area contributed by atoms with Gasteiger partial charge in [-0.15, -0.1) is 0 Å². The van der Waals surface area contributed by atoms with Gasteiger partial charge in [0.2, 0.25) is 0 Å². The van der Waals surface area contributed by atoms with Crippen LogP contribution in [0.2, 0.25) is 0 Å². The lowest BCUT2D eigenvalue weighted by Gasteiger charge is -2.01. The summed E-state index contributed by atoms with van der Waals surface area (Å²) in [5.41, 5.74) is 5.63. The van der Waals surface area contributed by atoms with Crippen molar-refractivity contribution in [2.45, 2.75) is 20.0 Å². The van der Waals surface area contributed by atoms with Gasteiger partial charge in [-0.3, -0.25) is 14.9 Å². The fraction of sp³-hybridized carbons (Fsp3) is 0.176. The summed E-state index contributed by atoms with van der Waals surface area (Å²) in [6.07, 6.45) is -0.813. The maximum absolute atomic E-state index is 12.0. The Hall–Kier alpha value is -3.22. The first kappa shape index (κ1) is 18.8. The first-order valence-electron chi connectivity index (χ1n) is 7.11. The number of nitrogens with two attached hydrogens (primary N) is 1. The number of carbonyl (C=O) groups excluding carboxylic acids is 2. The van der Waals surface area contributed by atoms with Crippen molar-refractivity contribution >= 4 is 17.6 Å². The number of amides is 1. The highest BCUT2D eigenvalue weighted by Gasteiger charge is 2.10. The van der Waals surface area contributed by atoms with E-state index in [1.54, 1.807) is 38.1 Å². The number of nitrogens with zero attached hydrogens (tertiary/aromatic N) is 1. The molecule has 2 aromatic rings. The number of nitro benzene ring substituents is 1. The second-order valence-corrected chi connectivity index (χ2v) is 4.98. The smallest absolute Gasteiger partial charge is 0.404 e. The van der Waals surface area contributed by atoms with Gasteiger partial charge in [0.1, 0.15) is 0 Å². The van der Waals surface area contributed by atoms with Crippen molar-refractivity contribution in [3.63, 3.8) is 0 Å². The standard InChI is InChI=1S/C13H9NO3.C4H9NO2/c15-13(10-4-2-1-3-5-10)11-6-8-12(9-7-11)14(16)17;1-3(2)7-4(5)6/h1-9H;3H,1-2H3,(H2,5,6). The van der Waals surface area contributed by atoms with E-state index in [1.165, 1.54) is 24.3 Å². The second kappa shape index (κ2) is 9.04. The van der Waals surface area contributed by atoms with Crippen LogP contribution < -0.4 is 5.73 Å². The van der Waals surface area contributed by atoms with E-state index in [1.807, 2.05) is 6.07 Å². The molecular weight excluding hydrogens is 312 g/mol. The van der Waals surface area contributed by atoms with Gasteiger partial charge < -0.3 is 10.5 Å².